The maximum Gasteiger partial charge on any atom is 0.336 e. The van der Waals surface area contributed by atoms with Gasteiger partial charge in [0.15, 0.2) is 0 Å². The molecule has 7 heteroatoms. The monoisotopic (exact) mass is 405 g/mol. The van der Waals surface area contributed by atoms with Gasteiger partial charge in [-0.2, -0.15) is 0 Å². The van der Waals surface area contributed by atoms with E-state index < -0.39 is 17.9 Å². The predicted octanol–water partition coefficient (Wildman–Crippen LogP) is 3.47. The summed E-state index contributed by atoms with van der Waals surface area (Å²) in [5.41, 5.74) is 2.56. The summed E-state index contributed by atoms with van der Waals surface area (Å²) < 4.78 is 16.1. The van der Waals surface area contributed by atoms with Crippen LogP contribution in [-0.4, -0.2) is 38.4 Å². The van der Waals surface area contributed by atoms with Crippen molar-refractivity contribution < 1.29 is 23.8 Å². The second kappa shape index (κ2) is 8.80. The number of hydrogen-bond donors (Lipinski definition) is 1. The van der Waals surface area contributed by atoms with Gasteiger partial charge in [0.25, 0.3) is 0 Å². The van der Waals surface area contributed by atoms with Crippen molar-refractivity contribution in [2.75, 3.05) is 20.3 Å². The fourth-order valence-electron chi connectivity index (χ4n) is 3.69. The van der Waals surface area contributed by atoms with Crippen LogP contribution >= 0.6 is 11.6 Å². The zero-order valence-corrected chi connectivity index (χ0v) is 17.0. The van der Waals surface area contributed by atoms with Crippen LogP contribution < -0.4 is 5.32 Å². The van der Waals surface area contributed by atoms with Crippen LogP contribution in [0.2, 0.25) is 5.02 Å². The number of hydrogen-bond acceptors (Lipinski definition) is 6. The van der Waals surface area contributed by atoms with Crippen molar-refractivity contribution in [2.45, 2.75) is 38.7 Å². The SMILES string of the molecule is COC(=O)C1=C(C)NC(C)=C(C(=O)OC[C@@H]2CCCO2)[C@H]1c1ccccc1Cl. The Morgan fingerprint density at radius 1 is 1.18 bits per heavy atom. The Morgan fingerprint density at radius 3 is 2.46 bits per heavy atom. The molecule has 1 aromatic rings. The molecule has 1 N–H and O–H groups in total. The summed E-state index contributed by atoms with van der Waals surface area (Å²) >= 11 is 6.43. The van der Waals surface area contributed by atoms with Gasteiger partial charge >= 0.3 is 11.9 Å². The molecule has 0 spiro atoms. The van der Waals surface area contributed by atoms with Crippen LogP contribution in [0, 0.1) is 0 Å². The van der Waals surface area contributed by atoms with E-state index in [0.717, 1.165) is 12.8 Å². The fraction of sp³-hybridized carbons (Fsp3) is 0.429. The Hall–Kier alpha value is -2.31. The van der Waals surface area contributed by atoms with E-state index in [-0.39, 0.29) is 12.7 Å². The molecule has 0 amide bonds. The van der Waals surface area contributed by atoms with Crippen molar-refractivity contribution in [2.24, 2.45) is 0 Å². The summed E-state index contributed by atoms with van der Waals surface area (Å²) in [6, 6.07) is 7.15. The summed E-state index contributed by atoms with van der Waals surface area (Å²) in [7, 11) is 1.31. The van der Waals surface area contributed by atoms with E-state index in [1.165, 1.54) is 7.11 Å². The van der Waals surface area contributed by atoms with Crippen molar-refractivity contribution in [3.05, 3.63) is 57.4 Å². The lowest BCUT2D eigenvalue weighted by Gasteiger charge is -2.30. The van der Waals surface area contributed by atoms with Crippen molar-refractivity contribution >= 4 is 23.5 Å². The summed E-state index contributed by atoms with van der Waals surface area (Å²) in [4.78, 5) is 25.6. The Balaban J connectivity index is 1.99. The molecule has 2 heterocycles. The summed E-state index contributed by atoms with van der Waals surface area (Å²) in [6.45, 7) is 4.42. The minimum atomic E-state index is -0.681. The number of allylic oxidation sites excluding steroid dienone is 2. The Bertz CT molecular complexity index is 839. The molecule has 2 aliphatic rings. The molecule has 0 saturated carbocycles. The standard InChI is InChI=1S/C21H24ClNO5/c1-12-17(20(24)26-3)19(15-8-4-5-9-16(15)22)18(13(2)23-12)21(25)28-11-14-7-6-10-27-14/h4-5,8-9,14,19,23H,6-7,10-11H2,1-3H3/t14-,19-/m0/s1. The van der Waals surface area contributed by atoms with Gasteiger partial charge in [0, 0.05) is 23.0 Å². The number of esters is 2. The first-order valence-corrected chi connectivity index (χ1v) is 9.61. The average molecular weight is 406 g/mol. The van der Waals surface area contributed by atoms with Gasteiger partial charge in [-0.1, -0.05) is 29.8 Å². The van der Waals surface area contributed by atoms with Gasteiger partial charge in [0.05, 0.1) is 30.3 Å². The van der Waals surface area contributed by atoms with Crippen LogP contribution in [0.15, 0.2) is 46.8 Å². The number of halogens is 1. The molecule has 0 radical (unpaired) electrons. The number of ether oxygens (including phenoxy) is 3. The highest BCUT2D eigenvalue weighted by molar-refractivity contribution is 6.31. The molecule has 2 aliphatic heterocycles. The molecule has 3 rings (SSSR count). The molecule has 6 nitrogen and oxygen atoms in total. The Morgan fingerprint density at radius 2 is 1.86 bits per heavy atom. The molecule has 0 unspecified atom stereocenters. The molecule has 1 saturated heterocycles. The van der Waals surface area contributed by atoms with Crippen molar-refractivity contribution in [3.63, 3.8) is 0 Å². The molecule has 1 fully saturated rings. The van der Waals surface area contributed by atoms with Crippen molar-refractivity contribution in [1.82, 2.24) is 5.32 Å². The molecular weight excluding hydrogens is 382 g/mol. The highest BCUT2D eigenvalue weighted by Crippen LogP contribution is 2.41. The fourth-order valence-corrected chi connectivity index (χ4v) is 3.93. The summed E-state index contributed by atoms with van der Waals surface area (Å²) in [5, 5.41) is 3.57. The van der Waals surface area contributed by atoms with E-state index in [1.54, 1.807) is 32.0 Å². The molecule has 2 atom stereocenters. The molecule has 0 aromatic heterocycles. The Labute approximate surface area is 169 Å². The van der Waals surface area contributed by atoms with E-state index in [9.17, 15) is 9.59 Å². The van der Waals surface area contributed by atoms with E-state index in [0.29, 0.717) is 39.7 Å². The summed E-state index contributed by atoms with van der Waals surface area (Å²) in [6.07, 6.45) is 1.74. The Kier molecular flexibility index (Phi) is 6.42. The van der Waals surface area contributed by atoms with Gasteiger partial charge in [-0.05, 0) is 38.3 Å². The highest BCUT2D eigenvalue weighted by Gasteiger charge is 2.38. The number of nitrogens with one attached hydrogen (secondary N) is 1. The van der Waals surface area contributed by atoms with E-state index in [2.05, 4.69) is 5.32 Å². The maximum absolute atomic E-state index is 13.0. The van der Waals surface area contributed by atoms with Crippen LogP contribution in [0.1, 0.15) is 38.2 Å². The number of carbonyl (C=O) groups is 2. The van der Waals surface area contributed by atoms with Gasteiger partial charge in [0.2, 0.25) is 0 Å². The number of carbonyl (C=O) groups excluding carboxylic acids is 2. The van der Waals surface area contributed by atoms with Crippen LogP contribution in [-0.2, 0) is 23.8 Å². The normalized spacial score (nSPS) is 22.1. The smallest absolute Gasteiger partial charge is 0.336 e. The summed E-state index contributed by atoms with van der Waals surface area (Å²) in [5.74, 6) is -1.70. The lowest BCUT2D eigenvalue weighted by molar-refractivity contribution is -0.142. The third-order valence-corrected chi connectivity index (χ3v) is 5.37. The van der Waals surface area contributed by atoms with Gasteiger partial charge in [-0.25, -0.2) is 9.59 Å². The topological polar surface area (TPSA) is 73.9 Å². The van der Waals surface area contributed by atoms with E-state index in [1.807, 2.05) is 6.07 Å². The van der Waals surface area contributed by atoms with Crippen LogP contribution in [0.4, 0.5) is 0 Å². The maximum atomic E-state index is 13.0. The number of benzene rings is 1. The molecule has 150 valence electrons. The first-order valence-electron chi connectivity index (χ1n) is 9.24. The molecular formula is C21H24ClNO5. The second-order valence-corrected chi connectivity index (χ2v) is 7.29. The zero-order chi connectivity index (χ0) is 20.3. The predicted molar refractivity (Wildman–Crippen MR) is 105 cm³/mol. The lowest BCUT2D eigenvalue weighted by Crippen LogP contribution is -2.33. The van der Waals surface area contributed by atoms with E-state index >= 15 is 0 Å². The third-order valence-electron chi connectivity index (χ3n) is 5.03. The number of methoxy groups -OCH3 is 1. The first kappa shape index (κ1) is 20.4. The van der Waals surface area contributed by atoms with Gasteiger partial charge in [-0.3, -0.25) is 0 Å². The van der Waals surface area contributed by atoms with Gasteiger partial charge in [-0.15, -0.1) is 0 Å². The first-order chi connectivity index (χ1) is 13.4. The molecule has 0 bridgehead atoms. The second-order valence-electron chi connectivity index (χ2n) is 6.88. The molecule has 0 aliphatic carbocycles. The van der Waals surface area contributed by atoms with Gasteiger partial charge < -0.3 is 19.5 Å². The average Bonchev–Trinajstić information content (AvgIpc) is 3.19. The van der Waals surface area contributed by atoms with E-state index in [4.69, 9.17) is 25.8 Å². The highest BCUT2D eigenvalue weighted by atomic mass is 35.5. The largest absolute Gasteiger partial charge is 0.466 e. The zero-order valence-electron chi connectivity index (χ0n) is 16.2. The van der Waals surface area contributed by atoms with Crippen LogP contribution in [0.25, 0.3) is 0 Å². The van der Waals surface area contributed by atoms with Crippen LogP contribution in [0.5, 0.6) is 0 Å². The lowest BCUT2D eigenvalue weighted by atomic mass is 9.80. The quantitative estimate of drug-likeness (QED) is 0.756. The minimum Gasteiger partial charge on any atom is -0.466 e. The molecule has 1 aromatic carbocycles. The number of rotatable bonds is 5. The van der Waals surface area contributed by atoms with Gasteiger partial charge in [0.1, 0.15) is 6.61 Å². The third kappa shape index (κ3) is 4.08. The van der Waals surface area contributed by atoms with Crippen molar-refractivity contribution in [1.29, 1.82) is 0 Å². The van der Waals surface area contributed by atoms with Crippen molar-refractivity contribution in [3.8, 4) is 0 Å². The van der Waals surface area contributed by atoms with Crippen LogP contribution in [0.3, 0.4) is 0 Å². The number of dihydropyridines is 1. The molecule has 28 heavy (non-hydrogen) atoms. The minimum absolute atomic E-state index is 0.0856.